The van der Waals surface area contributed by atoms with Gasteiger partial charge in [-0.2, -0.15) is 5.10 Å². The van der Waals surface area contributed by atoms with Crippen molar-refractivity contribution in [1.82, 2.24) is 19.8 Å². The first-order chi connectivity index (χ1) is 9.76. The van der Waals surface area contributed by atoms with E-state index in [1.807, 2.05) is 13.8 Å². The topological polar surface area (TPSA) is 76.0 Å². The highest BCUT2D eigenvalue weighted by molar-refractivity contribution is 7.89. The van der Waals surface area contributed by atoms with Crippen LogP contribution in [0.2, 0.25) is 0 Å². The Kier molecular flexibility index (Phi) is 6.83. The Labute approximate surface area is 128 Å². The molecule has 0 aromatic carbocycles. The maximum absolute atomic E-state index is 12.3. The van der Waals surface area contributed by atoms with Crippen molar-refractivity contribution in [3.05, 3.63) is 12.4 Å². The minimum Gasteiger partial charge on any atom is -0.313 e. The van der Waals surface area contributed by atoms with Crippen molar-refractivity contribution in [3.63, 3.8) is 0 Å². The first-order valence-electron chi connectivity index (χ1n) is 7.54. The van der Waals surface area contributed by atoms with Gasteiger partial charge in [0.1, 0.15) is 4.90 Å². The molecular formula is C14H28N4O2S. The zero-order valence-corrected chi connectivity index (χ0v) is 14.4. The molecule has 1 rings (SSSR count). The molecule has 122 valence electrons. The fourth-order valence-corrected chi connectivity index (χ4v) is 3.16. The van der Waals surface area contributed by atoms with Crippen LogP contribution in [-0.2, 0) is 16.6 Å². The van der Waals surface area contributed by atoms with Gasteiger partial charge in [-0.25, -0.2) is 13.1 Å². The smallest absolute Gasteiger partial charge is 0.243 e. The Balaban J connectivity index is 2.65. The molecule has 1 aromatic rings. The lowest BCUT2D eigenvalue weighted by molar-refractivity contribution is 0.434. The highest BCUT2D eigenvalue weighted by Gasteiger charge is 2.21. The quantitative estimate of drug-likeness (QED) is 0.725. The first-order valence-corrected chi connectivity index (χ1v) is 9.02. The Hall–Kier alpha value is -0.920. The number of rotatable bonds is 9. The van der Waals surface area contributed by atoms with Crippen molar-refractivity contribution in [3.8, 4) is 0 Å². The number of hydrogen-bond donors (Lipinski definition) is 2. The van der Waals surface area contributed by atoms with Gasteiger partial charge in [0.05, 0.1) is 12.7 Å². The van der Waals surface area contributed by atoms with Crippen LogP contribution in [0.1, 0.15) is 41.0 Å². The average molecular weight is 316 g/mol. The highest BCUT2D eigenvalue weighted by atomic mass is 32.2. The lowest BCUT2D eigenvalue weighted by atomic mass is 10.0. The third-order valence-electron chi connectivity index (χ3n) is 3.65. The Morgan fingerprint density at radius 3 is 2.52 bits per heavy atom. The van der Waals surface area contributed by atoms with Crippen LogP contribution in [0.15, 0.2) is 17.3 Å². The van der Waals surface area contributed by atoms with E-state index in [0.29, 0.717) is 18.5 Å². The van der Waals surface area contributed by atoms with E-state index < -0.39 is 10.0 Å². The van der Waals surface area contributed by atoms with Gasteiger partial charge in [0, 0.05) is 24.8 Å². The molecule has 0 spiro atoms. The molecule has 0 aliphatic rings. The maximum Gasteiger partial charge on any atom is 0.243 e. The standard InChI is InChI=1S/C14H28N4O2S/c1-6-12(4)13(5)17-21(19,20)14-9-16-18(10-14)8-7-15-11(2)3/h9-13,15,17H,6-8H2,1-5H3. The van der Waals surface area contributed by atoms with Crippen LogP contribution in [0.3, 0.4) is 0 Å². The monoisotopic (exact) mass is 316 g/mol. The SMILES string of the molecule is CCC(C)C(C)NS(=O)(=O)c1cnn(CCNC(C)C)c1. The minimum atomic E-state index is -3.49. The molecule has 0 aliphatic heterocycles. The molecule has 0 amide bonds. The summed E-state index contributed by atoms with van der Waals surface area (Å²) in [5.41, 5.74) is 0. The predicted molar refractivity (Wildman–Crippen MR) is 84.6 cm³/mol. The van der Waals surface area contributed by atoms with Crippen molar-refractivity contribution in [1.29, 1.82) is 0 Å². The molecule has 2 unspecified atom stereocenters. The molecule has 21 heavy (non-hydrogen) atoms. The van der Waals surface area contributed by atoms with Crippen molar-refractivity contribution in [2.24, 2.45) is 5.92 Å². The van der Waals surface area contributed by atoms with Crippen LogP contribution in [0.5, 0.6) is 0 Å². The molecule has 1 heterocycles. The van der Waals surface area contributed by atoms with Crippen LogP contribution in [0.25, 0.3) is 0 Å². The van der Waals surface area contributed by atoms with E-state index in [2.05, 4.69) is 35.9 Å². The Morgan fingerprint density at radius 1 is 1.29 bits per heavy atom. The van der Waals surface area contributed by atoms with Gasteiger partial charge in [0.2, 0.25) is 10.0 Å². The molecule has 2 N–H and O–H groups in total. The lowest BCUT2D eigenvalue weighted by Gasteiger charge is -2.19. The van der Waals surface area contributed by atoms with Crippen LogP contribution < -0.4 is 10.0 Å². The van der Waals surface area contributed by atoms with E-state index in [4.69, 9.17) is 0 Å². The van der Waals surface area contributed by atoms with Crippen LogP contribution in [-0.4, -0.2) is 36.8 Å². The zero-order valence-electron chi connectivity index (χ0n) is 13.6. The number of hydrogen-bond acceptors (Lipinski definition) is 4. The van der Waals surface area contributed by atoms with Crippen molar-refractivity contribution >= 4 is 10.0 Å². The second-order valence-electron chi connectivity index (χ2n) is 5.84. The second kappa shape index (κ2) is 7.91. The summed E-state index contributed by atoms with van der Waals surface area (Å²) < 4.78 is 28.9. The molecule has 0 aliphatic carbocycles. The second-order valence-corrected chi connectivity index (χ2v) is 7.56. The number of aromatic nitrogens is 2. The van der Waals surface area contributed by atoms with Crippen LogP contribution >= 0.6 is 0 Å². The van der Waals surface area contributed by atoms with Crippen molar-refractivity contribution in [2.45, 2.75) is 64.6 Å². The molecule has 6 nitrogen and oxygen atoms in total. The largest absolute Gasteiger partial charge is 0.313 e. The van der Waals surface area contributed by atoms with Gasteiger partial charge in [-0.05, 0) is 12.8 Å². The summed E-state index contributed by atoms with van der Waals surface area (Å²) >= 11 is 0. The van der Waals surface area contributed by atoms with Gasteiger partial charge >= 0.3 is 0 Å². The molecule has 0 bridgehead atoms. The molecule has 2 atom stereocenters. The summed E-state index contributed by atoms with van der Waals surface area (Å²) in [5, 5.41) is 7.38. The molecule has 1 aromatic heterocycles. The molecule has 0 saturated carbocycles. The fraction of sp³-hybridized carbons (Fsp3) is 0.786. The molecule has 0 saturated heterocycles. The fourth-order valence-electron chi connectivity index (χ4n) is 1.86. The van der Waals surface area contributed by atoms with E-state index >= 15 is 0 Å². The average Bonchev–Trinajstić information content (AvgIpc) is 2.86. The van der Waals surface area contributed by atoms with E-state index in [9.17, 15) is 8.42 Å². The van der Waals surface area contributed by atoms with Crippen molar-refractivity contribution < 1.29 is 8.42 Å². The molecule has 0 fully saturated rings. The van der Waals surface area contributed by atoms with Crippen LogP contribution in [0.4, 0.5) is 0 Å². The number of sulfonamides is 1. The third kappa shape index (κ3) is 5.76. The summed E-state index contributed by atoms with van der Waals surface area (Å²) in [6.45, 7) is 11.5. The van der Waals surface area contributed by atoms with Gasteiger partial charge in [0.25, 0.3) is 0 Å². The summed E-state index contributed by atoms with van der Waals surface area (Å²) in [7, 11) is -3.49. The van der Waals surface area contributed by atoms with E-state index in [1.165, 1.54) is 6.20 Å². The van der Waals surface area contributed by atoms with E-state index in [-0.39, 0.29) is 10.9 Å². The van der Waals surface area contributed by atoms with E-state index in [0.717, 1.165) is 13.0 Å². The van der Waals surface area contributed by atoms with Crippen LogP contribution in [0, 0.1) is 5.92 Å². The normalized spacial score (nSPS) is 15.3. The Morgan fingerprint density at radius 2 is 1.95 bits per heavy atom. The van der Waals surface area contributed by atoms with Gasteiger partial charge in [0.15, 0.2) is 0 Å². The predicted octanol–water partition coefficient (Wildman–Crippen LogP) is 1.59. The summed E-state index contributed by atoms with van der Waals surface area (Å²) in [6, 6.07) is 0.313. The van der Waals surface area contributed by atoms with Gasteiger partial charge in [-0.1, -0.05) is 34.1 Å². The summed E-state index contributed by atoms with van der Waals surface area (Å²) in [6.07, 6.45) is 3.92. The minimum absolute atomic E-state index is 0.0917. The van der Waals surface area contributed by atoms with Gasteiger partial charge in [-0.3, -0.25) is 4.68 Å². The van der Waals surface area contributed by atoms with E-state index in [1.54, 1.807) is 10.9 Å². The first kappa shape index (κ1) is 18.1. The highest BCUT2D eigenvalue weighted by Crippen LogP contribution is 2.12. The summed E-state index contributed by atoms with van der Waals surface area (Å²) in [5.74, 6) is 0.296. The molecule has 7 heteroatoms. The van der Waals surface area contributed by atoms with Crippen molar-refractivity contribution in [2.75, 3.05) is 6.54 Å². The Bertz CT molecular complexity index is 525. The maximum atomic E-state index is 12.3. The summed E-state index contributed by atoms with van der Waals surface area (Å²) in [4.78, 5) is 0.224. The lowest BCUT2D eigenvalue weighted by Crippen LogP contribution is -2.36. The third-order valence-corrected chi connectivity index (χ3v) is 5.17. The molecular weight excluding hydrogens is 288 g/mol. The van der Waals surface area contributed by atoms with Gasteiger partial charge < -0.3 is 5.32 Å². The number of nitrogens with one attached hydrogen (secondary N) is 2. The number of nitrogens with zero attached hydrogens (tertiary/aromatic N) is 2. The molecule has 0 radical (unpaired) electrons. The van der Waals surface area contributed by atoms with Gasteiger partial charge in [-0.15, -0.1) is 0 Å². The zero-order chi connectivity index (χ0) is 16.0.